The van der Waals surface area contributed by atoms with E-state index in [0.29, 0.717) is 26.1 Å². The number of hydrogen-bond donors (Lipinski definition) is 1. The molecule has 0 aliphatic carbocycles. The summed E-state index contributed by atoms with van der Waals surface area (Å²) in [5.74, 6) is 0.0286. The number of hydrogen-bond acceptors (Lipinski definition) is 3. The Hall–Kier alpha value is -1.88. The van der Waals surface area contributed by atoms with Gasteiger partial charge < -0.3 is 15.5 Å². The molecule has 1 aliphatic heterocycles. The van der Waals surface area contributed by atoms with E-state index in [-0.39, 0.29) is 24.4 Å². The van der Waals surface area contributed by atoms with Crippen LogP contribution in [0.3, 0.4) is 0 Å². The number of nitrogens with zero attached hydrogens (tertiary/aromatic N) is 2. The summed E-state index contributed by atoms with van der Waals surface area (Å²) < 4.78 is 0. The average Bonchev–Trinajstić information content (AvgIpc) is 2.68. The standard InChI is InChI=1S/C16H23N3O2/c1-2-14-12-18(16(21)10-17)9-8-15(20)19(14)11-13-6-4-3-5-7-13/h3-7,14H,2,8-12,17H2,1H3. The highest BCUT2D eigenvalue weighted by atomic mass is 16.2. The van der Waals surface area contributed by atoms with Crippen molar-refractivity contribution < 1.29 is 9.59 Å². The summed E-state index contributed by atoms with van der Waals surface area (Å²) in [7, 11) is 0. The number of rotatable bonds is 4. The number of carbonyl (C=O) groups excluding carboxylic acids is 2. The number of carbonyl (C=O) groups is 2. The third-order valence-corrected chi connectivity index (χ3v) is 3.98. The molecule has 1 aromatic carbocycles. The Morgan fingerprint density at radius 1 is 1.33 bits per heavy atom. The first-order valence-electron chi connectivity index (χ1n) is 7.47. The molecule has 1 aromatic rings. The van der Waals surface area contributed by atoms with E-state index >= 15 is 0 Å². The fraction of sp³-hybridized carbons (Fsp3) is 0.500. The van der Waals surface area contributed by atoms with Crippen molar-refractivity contribution in [3.63, 3.8) is 0 Å². The fourth-order valence-electron chi connectivity index (χ4n) is 2.72. The third kappa shape index (κ3) is 3.82. The predicted octanol–water partition coefficient (Wildman–Crippen LogP) is 0.985. The van der Waals surface area contributed by atoms with E-state index in [1.54, 1.807) is 4.90 Å². The summed E-state index contributed by atoms with van der Waals surface area (Å²) in [6.45, 7) is 3.69. The summed E-state index contributed by atoms with van der Waals surface area (Å²) in [6.07, 6.45) is 1.20. The lowest BCUT2D eigenvalue weighted by atomic mass is 10.1. The summed E-state index contributed by atoms with van der Waals surface area (Å²) in [6, 6.07) is 10.0. The van der Waals surface area contributed by atoms with Gasteiger partial charge in [0.25, 0.3) is 0 Å². The van der Waals surface area contributed by atoms with Gasteiger partial charge in [-0.15, -0.1) is 0 Å². The quantitative estimate of drug-likeness (QED) is 0.898. The lowest BCUT2D eigenvalue weighted by Crippen LogP contribution is -2.45. The molecule has 114 valence electrons. The van der Waals surface area contributed by atoms with Crippen molar-refractivity contribution in [1.82, 2.24) is 9.80 Å². The molecule has 5 heteroatoms. The molecule has 0 saturated carbocycles. The molecule has 1 unspecified atom stereocenters. The van der Waals surface area contributed by atoms with Crippen molar-refractivity contribution in [2.75, 3.05) is 19.6 Å². The second-order valence-electron chi connectivity index (χ2n) is 5.36. The topological polar surface area (TPSA) is 66.6 Å². The maximum absolute atomic E-state index is 12.4. The van der Waals surface area contributed by atoms with Crippen LogP contribution in [0.4, 0.5) is 0 Å². The van der Waals surface area contributed by atoms with E-state index in [1.165, 1.54) is 0 Å². The van der Waals surface area contributed by atoms with Crippen LogP contribution in [0.5, 0.6) is 0 Å². The minimum atomic E-state index is -0.0807. The first kappa shape index (κ1) is 15.5. The van der Waals surface area contributed by atoms with Gasteiger partial charge in [0, 0.05) is 32.1 Å². The zero-order chi connectivity index (χ0) is 15.2. The van der Waals surface area contributed by atoms with E-state index < -0.39 is 0 Å². The molecule has 1 heterocycles. The molecule has 21 heavy (non-hydrogen) atoms. The summed E-state index contributed by atoms with van der Waals surface area (Å²) in [4.78, 5) is 27.8. The van der Waals surface area contributed by atoms with Crippen LogP contribution < -0.4 is 5.73 Å². The highest BCUT2D eigenvalue weighted by Crippen LogP contribution is 2.17. The smallest absolute Gasteiger partial charge is 0.236 e. The van der Waals surface area contributed by atoms with Gasteiger partial charge in [0.1, 0.15) is 0 Å². The first-order valence-corrected chi connectivity index (χ1v) is 7.47. The van der Waals surface area contributed by atoms with Gasteiger partial charge in [-0.2, -0.15) is 0 Å². The normalized spacial score (nSPS) is 19.5. The molecular weight excluding hydrogens is 266 g/mol. The molecule has 2 amide bonds. The van der Waals surface area contributed by atoms with Gasteiger partial charge in [-0.05, 0) is 12.0 Å². The summed E-state index contributed by atoms with van der Waals surface area (Å²) in [5, 5.41) is 0. The van der Waals surface area contributed by atoms with Crippen molar-refractivity contribution in [3.8, 4) is 0 Å². The molecule has 0 radical (unpaired) electrons. The number of benzene rings is 1. The Balaban J connectivity index is 2.15. The molecule has 0 bridgehead atoms. The van der Waals surface area contributed by atoms with Crippen LogP contribution in [0.1, 0.15) is 25.3 Å². The highest BCUT2D eigenvalue weighted by molar-refractivity contribution is 5.81. The van der Waals surface area contributed by atoms with Crippen molar-refractivity contribution in [2.24, 2.45) is 5.73 Å². The Bertz CT molecular complexity index is 490. The van der Waals surface area contributed by atoms with Crippen molar-refractivity contribution in [1.29, 1.82) is 0 Å². The molecule has 5 nitrogen and oxygen atoms in total. The van der Waals surface area contributed by atoms with E-state index in [0.717, 1.165) is 12.0 Å². The van der Waals surface area contributed by atoms with Gasteiger partial charge in [-0.25, -0.2) is 0 Å². The minimum Gasteiger partial charge on any atom is -0.339 e. The zero-order valence-electron chi connectivity index (χ0n) is 12.5. The molecule has 2 rings (SSSR count). The van der Waals surface area contributed by atoms with Crippen molar-refractivity contribution >= 4 is 11.8 Å². The van der Waals surface area contributed by atoms with Gasteiger partial charge in [0.05, 0.1) is 6.54 Å². The number of amides is 2. The van der Waals surface area contributed by atoms with Crippen LogP contribution in [0.2, 0.25) is 0 Å². The SMILES string of the molecule is CCC1CN(C(=O)CN)CCC(=O)N1Cc1ccccc1. The molecular formula is C16H23N3O2. The lowest BCUT2D eigenvalue weighted by molar-refractivity contribution is -0.133. The van der Waals surface area contributed by atoms with Crippen LogP contribution in [-0.2, 0) is 16.1 Å². The van der Waals surface area contributed by atoms with E-state index in [2.05, 4.69) is 0 Å². The zero-order valence-corrected chi connectivity index (χ0v) is 12.5. The average molecular weight is 289 g/mol. The van der Waals surface area contributed by atoms with Crippen LogP contribution in [0.15, 0.2) is 30.3 Å². The van der Waals surface area contributed by atoms with Crippen LogP contribution in [-0.4, -0.2) is 47.3 Å². The van der Waals surface area contributed by atoms with Crippen molar-refractivity contribution in [3.05, 3.63) is 35.9 Å². The van der Waals surface area contributed by atoms with Gasteiger partial charge >= 0.3 is 0 Å². The molecule has 0 aromatic heterocycles. The van der Waals surface area contributed by atoms with Gasteiger partial charge in [-0.3, -0.25) is 9.59 Å². The molecule has 0 spiro atoms. The molecule has 1 fully saturated rings. The van der Waals surface area contributed by atoms with Gasteiger partial charge in [0.2, 0.25) is 11.8 Å². The van der Waals surface area contributed by atoms with Gasteiger partial charge in [-0.1, -0.05) is 37.3 Å². The van der Waals surface area contributed by atoms with Crippen LogP contribution in [0.25, 0.3) is 0 Å². The Morgan fingerprint density at radius 3 is 2.67 bits per heavy atom. The molecule has 2 N–H and O–H groups in total. The lowest BCUT2D eigenvalue weighted by Gasteiger charge is -2.31. The maximum atomic E-state index is 12.4. The second-order valence-corrected chi connectivity index (χ2v) is 5.36. The minimum absolute atomic E-state index is 0.00328. The molecule has 1 aliphatic rings. The Kier molecular flexibility index (Phi) is 5.33. The Labute approximate surface area is 125 Å². The van der Waals surface area contributed by atoms with E-state index in [4.69, 9.17) is 5.73 Å². The fourth-order valence-corrected chi connectivity index (χ4v) is 2.72. The Morgan fingerprint density at radius 2 is 2.05 bits per heavy atom. The van der Waals surface area contributed by atoms with E-state index in [1.807, 2.05) is 42.2 Å². The highest BCUT2D eigenvalue weighted by Gasteiger charge is 2.30. The molecule has 1 saturated heterocycles. The summed E-state index contributed by atoms with van der Waals surface area (Å²) >= 11 is 0. The maximum Gasteiger partial charge on any atom is 0.236 e. The largest absolute Gasteiger partial charge is 0.339 e. The van der Waals surface area contributed by atoms with Crippen LogP contribution in [0, 0.1) is 0 Å². The summed E-state index contributed by atoms with van der Waals surface area (Å²) in [5.41, 5.74) is 6.56. The van der Waals surface area contributed by atoms with Crippen LogP contribution >= 0.6 is 0 Å². The third-order valence-electron chi connectivity index (χ3n) is 3.98. The monoisotopic (exact) mass is 289 g/mol. The predicted molar refractivity (Wildman–Crippen MR) is 81.3 cm³/mol. The van der Waals surface area contributed by atoms with Crippen molar-refractivity contribution in [2.45, 2.75) is 32.4 Å². The van der Waals surface area contributed by atoms with E-state index in [9.17, 15) is 9.59 Å². The number of nitrogens with two attached hydrogens (primary N) is 1. The first-order chi connectivity index (χ1) is 10.2. The van der Waals surface area contributed by atoms with Gasteiger partial charge in [0.15, 0.2) is 0 Å². The second kappa shape index (κ2) is 7.22. The molecule has 1 atom stereocenters.